The van der Waals surface area contributed by atoms with Gasteiger partial charge in [0.05, 0.1) is 11.7 Å². The van der Waals surface area contributed by atoms with Crippen LogP contribution in [-0.4, -0.2) is 36.7 Å². The van der Waals surface area contributed by atoms with E-state index in [0.29, 0.717) is 5.56 Å². The highest BCUT2D eigenvalue weighted by molar-refractivity contribution is 6.05. The van der Waals surface area contributed by atoms with Gasteiger partial charge < -0.3 is 0 Å². The summed E-state index contributed by atoms with van der Waals surface area (Å²) in [4.78, 5) is 11.8. The van der Waals surface area contributed by atoms with Crippen molar-refractivity contribution in [3.05, 3.63) is 30.0 Å². The average Bonchev–Trinajstić information content (AvgIpc) is 2.97. The Hall–Kier alpha value is -2.77. The summed E-state index contributed by atoms with van der Waals surface area (Å²) >= 11 is 0. The van der Waals surface area contributed by atoms with Crippen LogP contribution in [0.15, 0.2) is 24.4 Å². The topological polar surface area (TPSA) is 112 Å². The number of carbonyl (C=O) groups is 1. The summed E-state index contributed by atoms with van der Waals surface area (Å²) in [5.74, 6) is -0.0751. The Bertz CT molecular complexity index is 657. The van der Waals surface area contributed by atoms with Gasteiger partial charge in [0.25, 0.3) is 5.91 Å². The van der Waals surface area contributed by atoms with E-state index < -0.39 is 0 Å². The standard InChI is InChI=1S/C9H7N7O/c17-8(11-9-13-15-16-14-9)5-1-2-7-6(3-5)4-10-12-7/h1-4H,(H,10,12)(H2,11,13,14,15,16,17). The fourth-order valence-electron chi connectivity index (χ4n) is 1.48. The Kier molecular flexibility index (Phi) is 2.04. The van der Waals surface area contributed by atoms with Gasteiger partial charge in [-0.25, -0.2) is 5.10 Å². The quantitative estimate of drug-likeness (QED) is 0.586. The van der Waals surface area contributed by atoms with Crippen molar-refractivity contribution in [1.29, 1.82) is 0 Å². The molecule has 0 saturated heterocycles. The second kappa shape index (κ2) is 3.67. The van der Waals surface area contributed by atoms with Crippen molar-refractivity contribution >= 4 is 22.8 Å². The predicted octanol–water partition coefficient (Wildman–Crippen LogP) is 0.328. The molecule has 0 atom stereocenters. The van der Waals surface area contributed by atoms with E-state index in [2.05, 4.69) is 36.1 Å². The zero-order valence-electron chi connectivity index (χ0n) is 8.51. The largest absolute Gasteiger partial charge is 0.289 e. The molecule has 8 nitrogen and oxygen atoms in total. The van der Waals surface area contributed by atoms with E-state index in [1.165, 1.54) is 0 Å². The normalized spacial score (nSPS) is 10.6. The smallest absolute Gasteiger partial charge is 0.258 e. The molecule has 17 heavy (non-hydrogen) atoms. The number of fused-ring (bicyclic) bond motifs is 1. The number of H-pyrrole nitrogens is 2. The second-order valence-electron chi connectivity index (χ2n) is 3.38. The molecule has 0 unspecified atom stereocenters. The fourth-order valence-corrected chi connectivity index (χ4v) is 1.48. The molecule has 0 spiro atoms. The number of carbonyl (C=O) groups excluding carboxylic acids is 1. The van der Waals surface area contributed by atoms with Gasteiger partial charge >= 0.3 is 0 Å². The van der Waals surface area contributed by atoms with Gasteiger partial charge in [0.15, 0.2) is 0 Å². The summed E-state index contributed by atoms with van der Waals surface area (Å²) < 4.78 is 0. The third-order valence-corrected chi connectivity index (χ3v) is 2.28. The third kappa shape index (κ3) is 1.71. The highest BCUT2D eigenvalue weighted by Crippen LogP contribution is 2.13. The van der Waals surface area contributed by atoms with Crippen molar-refractivity contribution in [2.45, 2.75) is 0 Å². The molecule has 84 valence electrons. The van der Waals surface area contributed by atoms with E-state index in [9.17, 15) is 4.79 Å². The number of tetrazole rings is 1. The summed E-state index contributed by atoms with van der Waals surface area (Å²) in [5.41, 5.74) is 1.39. The molecular weight excluding hydrogens is 222 g/mol. The van der Waals surface area contributed by atoms with Crippen LogP contribution in [0.3, 0.4) is 0 Å². The first-order chi connectivity index (χ1) is 8.33. The summed E-state index contributed by atoms with van der Waals surface area (Å²) in [6, 6.07) is 5.22. The van der Waals surface area contributed by atoms with Gasteiger partial charge in [-0.3, -0.25) is 15.2 Å². The van der Waals surface area contributed by atoms with Crippen LogP contribution in [0.4, 0.5) is 5.95 Å². The summed E-state index contributed by atoms with van der Waals surface area (Å²) in [6.07, 6.45) is 1.65. The number of aromatic nitrogens is 6. The molecule has 0 aliphatic carbocycles. The number of hydrogen-bond acceptors (Lipinski definition) is 5. The van der Waals surface area contributed by atoms with Gasteiger partial charge in [-0.15, -0.1) is 0 Å². The summed E-state index contributed by atoms with van der Waals surface area (Å²) in [6.45, 7) is 0. The molecule has 0 aliphatic rings. The van der Waals surface area contributed by atoms with Gasteiger partial charge in [0, 0.05) is 10.9 Å². The number of amides is 1. The van der Waals surface area contributed by atoms with Gasteiger partial charge in [-0.1, -0.05) is 5.10 Å². The average molecular weight is 229 g/mol. The zero-order chi connectivity index (χ0) is 11.7. The van der Waals surface area contributed by atoms with E-state index in [0.717, 1.165) is 10.9 Å². The fraction of sp³-hybridized carbons (Fsp3) is 0. The molecular formula is C9H7N7O. The molecule has 3 aromatic rings. The molecule has 0 fully saturated rings. The minimum absolute atomic E-state index is 0.210. The molecule has 2 heterocycles. The molecule has 3 N–H and O–H groups in total. The number of rotatable bonds is 2. The zero-order valence-corrected chi connectivity index (χ0v) is 8.51. The molecule has 0 bridgehead atoms. The van der Waals surface area contributed by atoms with E-state index in [1.807, 2.05) is 0 Å². The molecule has 1 aromatic carbocycles. The number of aromatic amines is 2. The van der Waals surface area contributed by atoms with Crippen LogP contribution >= 0.6 is 0 Å². The lowest BCUT2D eigenvalue weighted by Gasteiger charge is -2.00. The number of hydrogen-bond donors (Lipinski definition) is 3. The first kappa shape index (κ1) is 9.46. The number of benzene rings is 1. The molecule has 1 amide bonds. The Balaban J connectivity index is 1.90. The monoisotopic (exact) mass is 229 g/mol. The Morgan fingerprint density at radius 2 is 2.24 bits per heavy atom. The molecule has 0 aliphatic heterocycles. The predicted molar refractivity (Wildman–Crippen MR) is 58.2 cm³/mol. The van der Waals surface area contributed by atoms with Gasteiger partial charge in [-0.2, -0.15) is 5.10 Å². The summed E-state index contributed by atoms with van der Waals surface area (Å²) in [7, 11) is 0. The van der Waals surface area contributed by atoms with E-state index in [-0.39, 0.29) is 11.9 Å². The Labute approximate surface area is 94.4 Å². The van der Waals surface area contributed by atoms with Crippen molar-refractivity contribution < 1.29 is 4.79 Å². The minimum Gasteiger partial charge on any atom is -0.289 e. The highest BCUT2D eigenvalue weighted by atomic mass is 16.1. The van der Waals surface area contributed by atoms with Crippen LogP contribution in [0.2, 0.25) is 0 Å². The maximum atomic E-state index is 11.8. The molecule has 3 rings (SSSR count). The Morgan fingerprint density at radius 1 is 1.29 bits per heavy atom. The number of nitrogens with one attached hydrogen (secondary N) is 3. The van der Waals surface area contributed by atoms with Crippen LogP contribution in [0, 0.1) is 0 Å². The van der Waals surface area contributed by atoms with Crippen molar-refractivity contribution in [3.63, 3.8) is 0 Å². The number of nitrogens with zero attached hydrogens (tertiary/aromatic N) is 4. The summed E-state index contributed by atoms with van der Waals surface area (Å²) in [5, 5.41) is 22.8. The lowest BCUT2D eigenvalue weighted by atomic mass is 10.1. The van der Waals surface area contributed by atoms with Crippen LogP contribution in [0.1, 0.15) is 10.4 Å². The Morgan fingerprint density at radius 3 is 3.06 bits per heavy atom. The van der Waals surface area contributed by atoms with Crippen LogP contribution < -0.4 is 5.32 Å². The van der Waals surface area contributed by atoms with E-state index in [4.69, 9.17) is 0 Å². The molecule has 8 heteroatoms. The molecule has 2 aromatic heterocycles. The first-order valence-electron chi connectivity index (χ1n) is 4.81. The molecule has 0 radical (unpaired) electrons. The van der Waals surface area contributed by atoms with Crippen molar-refractivity contribution in [2.24, 2.45) is 0 Å². The van der Waals surface area contributed by atoms with Gasteiger partial charge in [-0.05, 0) is 28.6 Å². The second-order valence-corrected chi connectivity index (χ2v) is 3.38. The maximum Gasteiger partial charge on any atom is 0.258 e. The minimum atomic E-state index is -0.286. The van der Waals surface area contributed by atoms with Crippen LogP contribution in [-0.2, 0) is 0 Å². The maximum absolute atomic E-state index is 11.8. The van der Waals surface area contributed by atoms with Crippen molar-refractivity contribution in [1.82, 2.24) is 30.8 Å². The van der Waals surface area contributed by atoms with Crippen molar-refractivity contribution in [2.75, 3.05) is 5.32 Å². The van der Waals surface area contributed by atoms with Gasteiger partial charge in [0.1, 0.15) is 0 Å². The van der Waals surface area contributed by atoms with E-state index >= 15 is 0 Å². The highest BCUT2D eigenvalue weighted by Gasteiger charge is 2.09. The SMILES string of the molecule is O=C(Nc1nnn[nH]1)c1ccc2[nH]ncc2c1. The molecule has 0 saturated carbocycles. The lowest BCUT2D eigenvalue weighted by molar-refractivity contribution is 0.102. The van der Waals surface area contributed by atoms with Crippen LogP contribution in [0.25, 0.3) is 10.9 Å². The van der Waals surface area contributed by atoms with Crippen molar-refractivity contribution in [3.8, 4) is 0 Å². The number of anilines is 1. The van der Waals surface area contributed by atoms with Gasteiger partial charge in [0.2, 0.25) is 5.95 Å². The third-order valence-electron chi connectivity index (χ3n) is 2.28. The van der Waals surface area contributed by atoms with E-state index in [1.54, 1.807) is 24.4 Å². The van der Waals surface area contributed by atoms with Crippen LogP contribution in [0.5, 0.6) is 0 Å². The first-order valence-corrected chi connectivity index (χ1v) is 4.81. The lowest BCUT2D eigenvalue weighted by Crippen LogP contribution is -2.12.